The smallest absolute Gasteiger partial charge is 0.238 e. The average Bonchev–Trinajstić information content (AvgIpc) is 2.42. The van der Waals surface area contributed by atoms with Crippen LogP contribution in [0, 0.1) is 11.7 Å². The third-order valence-corrected chi connectivity index (χ3v) is 3.90. The molecule has 1 aromatic carbocycles. The van der Waals surface area contributed by atoms with E-state index < -0.39 is 16.1 Å². The van der Waals surface area contributed by atoms with Gasteiger partial charge in [0.05, 0.1) is 6.26 Å². The Morgan fingerprint density at radius 3 is 2.33 bits per heavy atom. The second-order valence-corrected chi connectivity index (χ2v) is 6.88. The minimum Gasteiger partial charge on any atom is -0.351 e. The Kier molecular flexibility index (Phi) is 6.29. The van der Waals surface area contributed by atoms with Crippen LogP contribution in [-0.2, 0) is 21.4 Å². The number of carbonyl (C=O) groups excluding carboxylic acids is 1. The van der Waals surface area contributed by atoms with E-state index in [-0.39, 0.29) is 24.2 Å². The van der Waals surface area contributed by atoms with E-state index in [1.165, 1.54) is 12.1 Å². The number of hydrogen-bond donors (Lipinski definition) is 2. The molecular formula is C14H21FN2O3S. The van der Waals surface area contributed by atoms with Crippen LogP contribution in [-0.4, -0.2) is 26.6 Å². The summed E-state index contributed by atoms with van der Waals surface area (Å²) in [5.41, 5.74) is 0.743. The standard InChI is InChI=1S/C14H21FN2O3S/c1-4-10(2)13(17-21(3,19)20)14(18)16-9-11-5-7-12(15)8-6-11/h5-8,10,13,17H,4,9H2,1-3H3,(H,16,18). The second-order valence-electron chi connectivity index (χ2n) is 5.10. The number of hydrogen-bond acceptors (Lipinski definition) is 3. The summed E-state index contributed by atoms with van der Waals surface area (Å²) in [4.78, 5) is 12.1. The molecule has 7 heteroatoms. The number of nitrogens with one attached hydrogen (secondary N) is 2. The summed E-state index contributed by atoms with van der Waals surface area (Å²) in [7, 11) is -3.47. The summed E-state index contributed by atoms with van der Waals surface area (Å²) in [5, 5.41) is 2.67. The van der Waals surface area contributed by atoms with Gasteiger partial charge in [0.2, 0.25) is 15.9 Å². The zero-order valence-corrected chi connectivity index (χ0v) is 13.2. The van der Waals surface area contributed by atoms with Crippen LogP contribution in [0.5, 0.6) is 0 Å². The molecule has 2 unspecified atom stereocenters. The summed E-state index contributed by atoms with van der Waals surface area (Å²) < 4.78 is 37.8. The highest BCUT2D eigenvalue weighted by Gasteiger charge is 2.26. The molecular weight excluding hydrogens is 295 g/mol. The minimum atomic E-state index is -3.47. The van der Waals surface area contributed by atoms with Crippen molar-refractivity contribution in [2.24, 2.45) is 5.92 Å². The monoisotopic (exact) mass is 316 g/mol. The average molecular weight is 316 g/mol. The van der Waals surface area contributed by atoms with Crippen LogP contribution >= 0.6 is 0 Å². The van der Waals surface area contributed by atoms with Gasteiger partial charge in [-0.15, -0.1) is 0 Å². The van der Waals surface area contributed by atoms with E-state index >= 15 is 0 Å². The number of rotatable bonds is 7. The van der Waals surface area contributed by atoms with Crippen molar-refractivity contribution < 1.29 is 17.6 Å². The van der Waals surface area contributed by atoms with Gasteiger partial charge < -0.3 is 5.32 Å². The summed E-state index contributed by atoms with van der Waals surface area (Å²) in [6.45, 7) is 3.91. The van der Waals surface area contributed by atoms with E-state index in [0.717, 1.165) is 11.8 Å². The first-order valence-electron chi connectivity index (χ1n) is 6.72. The molecule has 0 heterocycles. The van der Waals surface area contributed by atoms with Gasteiger partial charge in [-0.1, -0.05) is 32.4 Å². The third kappa shape index (κ3) is 6.22. The predicted octanol–water partition coefficient (Wildman–Crippen LogP) is 1.41. The quantitative estimate of drug-likeness (QED) is 0.798. The highest BCUT2D eigenvalue weighted by molar-refractivity contribution is 7.88. The van der Waals surface area contributed by atoms with E-state index in [2.05, 4.69) is 10.0 Å². The molecule has 21 heavy (non-hydrogen) atoms. The van der Waals surface area contributed by atoms with Gasteiger partial charge in [0.1, 0.15) is 11.9 Å². The van der Waals surface area contributed by atoms with Crippen LogP contribution in [0.2, 0.25) is 0 Å². The Balaban J connectivity index is 2.70. The second kappa shape index (κ2) is 7.51. The summed E-state index contributed by atoms with van der Waals surface area (Å²) in [6.07, 6.45) is 1.69. The van der Waals surface area contributed by atoms with Crippen LogP contribution in [0.3, 0.4) is 0 Å². The number of carbonyl (C=O) groups is 1. The van der Waals surface area contributed by atoms with Gasteiger partial charge in [0, 0.05) is 6.54 Å². The van der Waals surface area contributed by atoms with Crippen molar-refractivity contribution in [2.75, 3.05) is 6.26 Å². The summed E-state index contributed by atoms with van der Waals surface area (Å²) in [6, 6.07) is 4.94. The van der Waals surface area contributed by atoms with Gasteiger partial charge in [-0.25, -0.2) is 17.5 Å². The van der Waals surface area contributed by atoms with Gasteiger partial charge in [0.15, 0.2) is 0 Å². The van der Waals surface area contributed by atoms with Gasteiger partial charge >= 0.3 is 0 Å². The van der Waals surface area contributed by atoms with Crippen molar-refractivity contribution in [1.29, 1.82) is 0 Å². The zero-order valence-electron chi connectivity index (χ0n) is 12.4. The number of amides is 1. The van der Waals surface area contributed by atoms with Crippen molar-refractivity contribution >= 4 is 15.9 Å². The van der Waals surface area contributed by atoms with Crippen LogP contribution < -0.4 is 10.0 Å². The molecule has 0 saturated carbocycles. The summed E-state index contributed by atoms with van der Waals surface area (Å²) >= 11 is 0. The van der Waals surface area contributed by atoms with Crippen LogP contribution in [0.15, 0.2) is 24.3 Å². The molecule has 118 valence electrons. The minimum absolute atomic E-state index is 0.132. The first-order chi connectivity index (χ1) is 9.73. The first-order valence-corrected chi connectivity index (χ1v) is 8.61. The molecule has 0 aliphatic carbocycles. The lowest BCUT2D eigenvalue weighted by molar-refractivity contribution is -0.124. The zero-order chi connectivity index (χ0) is 16.0. The van der Waals surface area contributed by atoms with Gasteiger partial charge in [-0.2, -0.15) is 0 Å². The van der Waals surface area contributed by atoms with E-state index in [9.17, 15) is 17.6 Å². The van der Waals surface area contributed by atoms with Gasteiger partial charge in [0.25, 0.3) is 0 Å². The van der Waals surface area contributed by atoms with E-state index in [1.807, 2.05) is 6.92 Å². The molecule has 1 amide bonds. The van der Waals surface area contributed by atoms with Crippen LogP contribution in [0.4, 0.5) is 4.39 Å². The number of sulfonamides is 1. The number of benzene rings is 1. The summed E-state index contributed by atoms with van der Waals surface area (Å²) in [5.74, 6) is -0.867. The highest BCUT2D eigenvalue weighted by Crippen LogP contribution is 2.09. The lowest BCUT2D eigenvalue weighted by Gasteiger charge is -2.22. The van der Waals surface area contributed by atoms with Gasteiger partial charge in [-0.05, 0) is 23.6 Å². The highest BCUT2D eigenvalue weighted by atomic mass is 32.2. The Morgan fingerprint density at radius 2 is 1.86 bits per heavy atom. The fraction of sp³-hybridized carbons (Fsp3) is 0.500. The molecule has 0 spiro atoms. The van der Waals surface area contributed by atoms with Crippen LogP contribution in [0.1, 0.15) is 25.8 Å². The Labute approximate surface area is 125 Å². The molecule has 0 aliphatic rings. The van der Waals surface area contributed by atoms with Crippen molar-refractivity contribution in [3.05, 3.63) is 35.6 Å². The normalized spacial score (nSPS) is 14.5. The van der Waals surface area contributed by atoms with Crippen molar-refractivity contribution in [3.63, 3.8) is 0 Å². The lowest BCUT2D eigenvalue weighted by atomic mass is 9.99. The molecule has 1 aromatic rings. The maximum absolute atomic E-state index is 12.8. The Morgan fingerprint density at radius 1 is 1.29 bits per heavy atom. The molecule has 0 aliphatic heterocycles. The SMILES string of the molecule is CCC(C)C(NS(C)(=O)=O)C(=O)NCc1ccc(F)cc1. The largest absolute Gasteiger partial charge is 0.351 e. The molecule has 2 atom stereocenters. The Bertz CT molecular complexity index is 572. The van der Waals surface area contributed by atoms with E-state index in [4.69, 9.17) is 0 Å². The molecule has 0 aromatic heterocycles. The van der Waals surface area contributed by atoms with Crippen LogP contribution in [0.25, 0.3) is 0 Å². The predicted molar refractivity (Wildman–Crippen MR) is 79.5 cm³/mol. The van der Waals surface area contributed by atoms with E-state index in [0.29, 0.717) is 6.42 Å². The molecule has 1 rings (SSSR count). The maximum atomic E-state index is 12.8. The Hall–Kier alpha value is -1.47. The fourth-order valence-electron chi connectivity index (χ4n) is 1.80. The first kappa shape index (κ1) is 17.6. The molecule has 0 bridgehead atoms. The number of halogens is 1. The third-order valence-electron chi connectivity index (χ3n) is 3.22. The maximum Gasteiger partial charge on any atom is 0.238 e. The van der Waals surface area contributed by atoms with Gasteiger partial charge in [-0.3, -0.25) is 4.79 Å². The molecule has 0 fully saturated rings. The van der Waals surface area contributed by atoms with Crippen molar-refractivity contribution in [2.45, 2.75) is 32.9 Å². The topological polar surface area (TPSA) is 75.3 Å². The fourth-order valence-corrected chi connectivity index (χ4v) is 2.60. The molecule has 2 N–H and O–H groups in total. The van der Waals surface area contributed by atoms with E-state index in [1.54, 1.807) is 19.1 Å². The van der Waals surface area contributed by atoms with Crippen molar-refractivity contribution in [1.82, 2.24) is 10.0 Å². The lowest BCUT2D eigenvalue weighted by Crippen LogP contribution is -2.49. The molecule has 0 saturated heterocycles. The van der Waals surface area contributed by atoms with Crippen molar-refractivity contribution in [3.8, 4) is 0 Å². The molecule has 5 nitrogen and oxygen atoms in total. The molecule has 0 radical (unpaired) electrons.